The van der Waals surface area contributed by atoms with Gasteiger partial charge in [-0.25, -0.2) is 0 Å². The van der Waals surface area contributed by atoms with Crippen LogP contribution in [-0.2, 0) is 6.42 Å². The predicted molar refractivity (Wildman–Crippen MR) is 53.1 cm³/mol. The Morgan fingerprint density at radius 3 is 2.75 bits per heavy atom. The highest BCUT2D eigenvalue weighted by Crippen LogP contribution is 2.09. The molecule has 0 amide bonds. The van der Waals surface area contributed by atoms with E-state index in [4.69, 9.17) is 0 Å². The van der Waals surface area contributed by atoms with Crippen molar-refractivity contribution in [2.24, 2.45) is 0 Å². The van der Waals surface area contributed by atoms with Crippen molar-refractivity contribution in [3.8, 4) is 0 Å². The van der Waals surface area contributed by atoms with Crippen molar-refractivity contribution in [2.75, 3.05) is 0 Å². The molecular formula is C11H15N. The number of hydrogen-bond acceptors (Lipinski definition) is 1. The van der Waals surface area contributed by atoms with Gasteiger partial charge in [-0.2, -0.15) is 0 Å². The fourth-order valence-electron chi connectivity index (χ4n) is 1.21. The number of aryl methyl sites for hydroxylation is 2. The lowest BCUT2D eigenvalue weighted by Gasteiger charge is -2.02. The first-order valence-electron chi connectivity index (χ1n) is 4.37. The summed E-state index contributed by atoms with van der Waals surface area (Å²) in [7, 11) is 0. The van der Waals surface area contributed by atoms with Crippen LogP contribution in [-0.4, -0.2) is 4.98 Å². The molecule has 0 N–H and O–H groups in total. The highest BCUT2D eigenvalue weighted by atomic mass is 14.7. The normalized spacial score (nSPS) is 10.9. The van der Waals surface area contributed by atoms with E-state index in [-0.39, 0.29) is 0 Å². The number of allylic oxidation sites excluding steroid dienone is 1. The van der Waals surface area contributed by atoms with Crippen LogP contribution < -0.4 is 0 Å². The van der Waals surface area contributed by atoms with E-state index in [1.54, 1.807) is 0 Å². The number of aromatic nitrogens is 1. The third-order valence-electron chi connectivity index (χ3n) is 1.86. The number of rotatable bonds is 2. The molecule has 1 rings (SSSR count). The predicted octanol–water partition coefficient (Wildman–Crippen LogP) is 2.99. The van der Waals surface area contributed by atoms with Crippen molar-refractivity contribution in [1.82, 2.24) is 4.98 Å². The molecule has 1 nitrogen and oxygen atoms in total. The molecule has 0 spiro atoms. The molecule has 0 atom stereocenters. The van der Waals surface area contributed by atoms with Crippen LogP contribution in [0.5, 0.6) is 0 Å². The molecule has 0 radical (unpaired) electrons. The summed E-state index contributed by atoms with van der Waals surface area (Å²) >= 11 is 0. The van der Waals surface area contributed by atoms with Gasteiger partial charge in [0, 0.05) is 5.69 Å². The van der Waals surface area contributed by atoms with E-state index >= 15 is 0 Å². The van der Waals surface area contributed by atoms with Gasteiger partial charge in [0.05, 0.1) is 5.69 Å². The molecule has 0 unspecified atom stereocenters. The van der Waals surface area contributed by atoms with Crippen molar-refractivity contribution in [3.63, 3.8) is 0 Å². The van der Waals surface area contributed by atoms with Gasteiger partial charge in [-0.3, -0.25) is 4.98 Å². The Hall–Kier alpha value is -1.11. The van der Waals surface area contributed by atoms with E-state index < -0.39 is 0 Å². The fourth-order valence-corrected chi connectivity index (χ4v) is 1.21. The minimum Gasteiger partial charge on any atom is -0.253 e. The highest BCUT2D eigenvalue weighted by Gasteiger charge is 1.97. The van der Waals surface area contributed by atoms with Crippen LogP contribution in [0.15, 0.2) is 18.2 Å². The lowest BCUT2D eigenvalue weighted by molar-refractivity contribution is 1.06. The Labute approximate surface area is 74.2 Å². The third-order valence-corrected chi connectivity index (χ3v) is 1.86. The van der Waals surface area contributed by atoms with E-state index in [2.05, 4.69) is 30.1 Å². The minimum atomic E-state index is 1.05. The second-order valence-corrected chi connectivity index (χ2v) is 2.85. The van der Waals surface area contributed by atoms with Gasteiger partial charge in [0.2, 0.25) is 0 Å². The molecule has 0 bridgehead atoms. The van der Waals surface area contributed by atoms with Gasteiger partial charge in [-0.15, -0.1) is 0 Å². The van der Waals surface area contributed by atoms with Crippen molar-refractivity contribution in [3.05, 3.63) is 35.2 Å². The Morgan fingerprint density at radius 2 is 2.17 bits per heavy atom. The van der Waals surface area contributed by atoms with Gasteiger partial charge in [0.15, 0.2) is 0 Å². The van der Waals surface area contributed by atoms with E-state index in [0.717, 1.165) is 17.8 Å². The summed E-state index contributed by atoms with van der Waals surface area (Å²) in [6.45, 7) is 6.19. The number of pyridine rings is 1. The Kier molecular flexibility index (Phi) is 3.03. The largest absolute Gasteiger partial charge is 0.253 e. The zero-order chi connectivity index (χ0) is 8.97. The summed E-state index contributed by atoms with van der Waals surface area (Å²) in [4.78, 5) is 4.45. The maximum atomic E-state index is 4.45. The number of nitrogens with zero attached hydrogens (tertiary/aromatic N) is 1. The van der Waals surface area contributed by atoms with Crippen LogP contribution >= 0.6 is 0 Å². The summed E-state index contributed by atoms with van der Waals surface area (Å²) in [5.41, 5.74) is 3.51. The molecule has 1 heterocycles. The first-order valence-corrected chi connectivity index (χ1v) is 4.37. The maximum absolute atomic E-state index is 4.45. The van der Waals surface area contributed by atoms with Gasteiger partial charge >= 0.3 is 0 Å². The van der Waals surface area contributed by atoms with Crippen molar-refractivity contribution >= 4 is 6.08 Å². The van der Waals surface area contributed by atoms with Gasteiger partial charge in [-0.05, 0) is 38.0 Å². The van der Waals surface area contributed by atoms with Crippen LogP contribution in [0.25, 0.3) is 6.08 Å². The molecule has 0 aliphatic heterocycles. The first-order chi connectivity index (χ1) is 5.77. The van der Waals surface area contributed by atoms with Gasteiger partial charge in [0.1, 0.15) is 0 Å². The molecule has 0 aromatic carbocycles. The van der Waals surface area contributed by atoms with E-state index in [1.807, 2.05) is 19.9 Å². The second kappa shape index (κ2) is 4.05. The van der Waals surface area contributed by atoms with E-state index in [9.17, 15) is 0 Å². The standard InChI is InChI=1S/C11H15N/c1-4-6-11-10(5-2)8-7-9(3)12-11/h4,6-8H,5H2,1-3H3/b6-4-. The molecule has 64 valence electrons. The number of hydrogen-bond donors (Lipinski definition) is 0. The van der Waals surface area contributed by atoms with E-state index in [0.29, 0.717) is 0 Å². The van der Waals surface area contributed by atoms with Crippen LogP contribution in [0.1, 0.15) is 30.8 Å². The van der Waals surface area contributed by atoms with Crippen molar-refractivity contribution in [1.29, 1.82) is 0 Å². The summed E-state index contributed by atoms with van der Waals surface area (Å²) in [6, 6.07) is 4.21. The molecule has 0 aliphatic carbocycles. The maximum Gasteiger partial charge on any atom is 0.0661 e. The van der Waals surface area contributed by atoms with E-state index in [1.165, 1.54) is 5.56 Å². The molecule has 12 heavy (non-hydrogen) atoms. The summed E-state index contributed by atoms with van der Waals surface area (Å²) in [6.07, 6.45) is 5.14. The lowest BCUT2D eigenvalue weighted by atomic mass is 10.1. The summed E-state index contributed by atoms with van der Waals surface area (Å²) < 4.78 is 0. The van der Waals surface area contributed by atoms with Crippen LogP contribution in [0.3, 0.4) is 0 Å². The minimum absolute atomic E-state index is 1.05. The molecule has 1 heteroatoms. The van der Waals surface area contributed by atoms with Gasteiger partial charge < -0.3 is 0 Å². The molecule has 0 aliphatic rings. The zero-order valence-corrected chi connectivity index (χ0v) is 7.96. The summed E-state index contributed by atoms with van der Waals surface area (Å²) in [5, 5.41) is 0. The van der Waals surface area contributed by atoms with Gasteiger partial charge in [0.25, 0.3) is 0 Å². The zero-order valence-electron chi connectivity index (χ0n) is 7.96. The molecule has 1 aromatic heterocycles. The molecule has 0 saturated heterocycles. The van der Waals surface area contributed by atoms with Crippen molar-refractivity contribution in [2.45, 2.75) is 27.2 Å². The van der Waals surface area contributed by atoms with Crippen molar-refractivity contribution < 1.29 is 0 Å². The smallest absolute Gasteiger partial charge is 0.0661 e. The average molecular weight is 161 g/mol. The first kappa shape index (κ1) is 8.98. The lowest BCUT2D eigenvalue weighted by Crippen LogP contribution is -1.92. The summed E-state index contributed by atoms with van der Waals surface area (Å²) in [5.74, 6) is 0. The average Bonchev–Trinajstić information content (AvgIpc) is 2.05. The van der Waals surface area contributed by atoms with Gasteiger partial charge in [-0.1, -0.05) is 19.1 Å². The van der Waals surface area contributed by atoms with Crippen LogP contribution in [0, 0.1) is 6.92 Å². The van der Waals surface area contributed by atoms with Crippen LogP contribution in [0.2, 0.25) is 0 Å². The Bertz CT molecular complexity index is 287. The third kappa shape index (κ3) is 1.94. The molecular weight excluding hydrogens is 146 g/mol. The topological polar surface area (TPSA) is 12.9 Å². The molecule has 0 fully saturated rings. The molecule has 1 aromatic rings. The SMILES string of the molecule is C/C=C\c1nc(C)ccc1CC. The fraction of sp³-hybridized carbons (Fsp3) is 0.364. The Balaban J connectivity index is 3.12. The monoisotopic (exact) mass is 161 g/mol. The molecule has 0 saturated carbocycles. The highest BCUT2D eigenvalue weighted by molar-refractivity contribution is 5.49. The quantitative estimate of drug-likeness (QED) is 0.649. The Morgan fingerprint density at radius 1 is 1.42 bits per heavy atom. The van der Waals surface area contributed by atoms with Crippen LogP contribution in [0.4, 0.5) is 0 Å². The second-order valence-electron chi connectivity index (χ2n) is 2.85.